The first-order valence-corrected chi connectivity index (χ1v) is 6.28. The second-order valence-electron chi connectivity index (χ2n) is 3.32. The van der Waals surface area contributed by atoms with E-state index in [-0.39, 0.29) is 24.8 Å². The topological polar surface area (TPSA) is 68.5 Å². The summed E-state index contributed by atoms with van der Waals surface area (Å²) in [5.74, 6) is -0.0361. The molecule has 1 aromatic rings. The van der Waals surface area contributed by atoms with E-state index in [9.17, 15) is 9.59 Å². The van der Waals surface area contributed by atoms with E-state index in [2.05, 4.69) is 21.2 Å². The van der Waals surface area contributed by atoms with Crippen molar-refractivity contribution < 1.29 is 18.7 Å². The van der Waals surface area contributed by atoms with Gasteiger partial charge in [0, 0.05) is 12.6 Å². The fourth-order valence-corrected chi connectivity index (χ4v) is 1.47. The molecule has 0 aliphatic carbocycles. The van der Waals surface area contributed by atoms with E-state index < -0.39 is 0 Å². The fourth-order valence-electron chi connectivity index (χ4n) is 1.16. The zero-order valence-electron chi connectivity index (χ0n) is 9.94. The number of rotatable bonds is 6. The molecule has 0 unspecified atom stereocenters. The van der Waals surface area contributed by atoms with Crippen LogP contribution in [0.25, 0.3) is 6.08 Å². The molecular weight excluding hydrogens is 302 g/mol. The number of furan rings is 1. The Kier molecular flexibility index (Phi) is 6.21. The minimum absolute atomic E-state index is 0.166. The molecule has 0 saturated heterocycles. The third kappa shape index (κ3) is 5.67. The summed E-state index contributed by atoms with van der Waals surface area (Å²) in [6.45, 7) is 2.34. The molecular formula is C12H14BrNO4. The fraction of sp³-hybridized carbons (Fsp3) is 0.333. The lowest BCUT2D eigenvalue weighted by Gasteiger charge is -2.02. The van der Waals surface area contributed by atoms with Gasteiger partial charge in [0.25, 0.3) is 0 Å². The summed E-state index contributed by atoms with van der Waals surface area (Å²) >= 11 is 3.16. The summed E-state index contributed by atoms with van der Waals surface area (Å²) in [5, 5.41) is 2.57. The molecule has 1 amide bonds. The van der Waals surface area contributed by atoms with Crippen molar-refractivity contribution in [3.05, 3.63) is 28.6 Å². The van der Waals surface area contributed by atoms with Crippen LogP contribution in [0.1, 0.15) is 19.1 Å². The Morgan fingerprint density at radius 1 is 1.50 bits per heavy atom. The van der Waals surface area contributed by atoms with Crippen molar-refractivity contribution in [1.29, 1.82) is 0 Å². The van der Waals surface area contributed by atoms with Crippen LogP contribution in [0.15, 0.2) is 27.3 Å². The lowest BCUT2D eigenvalue weighted by molar-refractivity contribution is -0.142. The lowest BCUT2D eigenvalue weighted by atomic mass is 10.3. The predicted molar refractivity (Wildman–Crippen MR) is 69.7 cm³/mol. The molecule has 0 aliphatic heterocycles. The van der Waals surface area contributed by atoms with Crippen molar-refractivity contribution in [2.45, 2.75) is 13.3 Å². The normalized spacial score (nSPS) is 10.6. The van der Waals surface area contributed by atoms with Crippen LogP contribution in [0.2, 0.25) is 0 Å². The molecule has 1 heterocycles. The standard InChI is InChI=1S/C12H14BrNO4/c1-2-17-12(16)7-8-14-11(15)6-4-9-3-5-10(13)18-9/h3-6H,2,7-8H2,1H3,(H,14,15)/b6-4+. The van der Waals surface area contributed by atoms with E-state index in [4.69, 9.17) is 9.15 Å². The monoisotopic (exact) mass is 315 g/mol. The van der Waals surface area contributed by atoms with Crippen LogP contribution in [0.4, 0.5) is 0 Å². The number of carbonyl (C=O) groups is 2. The summed E-state index contributed by atoms with van der Waals surface area (Å²) in [4.78, 5) is 22.4. The second-order valence-corrected chi connectivity index (χ2v) is 4.10. The average Bonchev–Trinajstić information content (AvgIpc) is 2.73. The van der Waals surface area contributed by atoms with Gasteiger partial charge in [-0.05, 0) is 41.1 Å². The van der Waals surface area contributed by atoms with Crippen LogP contribution >= 0.6 is 15.9 Å². The van der Waals surface area contributed by atoms with Crippen molar-refractivity contribution in [2.75, 3.05) is 13.2 Å². The van der Waals surface area contributed by atoms with Gasteiger partial charge in [0.05, 0.1) is 13.0 Å². The number of esters is 1. The molecule has 0 aliphatic rings. The van der Waals surface area contributed by atoms with Gasteiger partial charge in [-0.25, -0.2) is 0 Å². The van der Waals surface area contributed by atoms with Crippen LogP contribution in [-0.4, -0.2) is 25.0 Å². The number of halogens is 1. The number of hydrogen-bond donors (Lipinski definition) is 1. The number of nitrogens with one attached hydrogen (secondary N) is 1. The first kappa shape index (κ1) is 14.5. The summed E-state index contributed by atoms with van der Waals surface area (Å²) in [6, 6.07) is 3.46. The highest BCUT2D eigenvalue weighted by Crippen LogP contribution is 2.14. The van der Waals surface area contributed by atoms with Gasteiger partial charge in [0.15, 0.2) is 4.67 Å². The molecule has 1 aromatic heterocycles. The number of amides is 1. The maximum absolute atomic E-state index is 11.4. The van der Waals surface area contributed by atoms with Gasteiger partial charge in [-0.2, -0.15) is 0 Å². The van der Waals surface area contributed by atoms with Gasteiger partial charge in [0.2, 0.25) is 5.91 Å². The smallest absolute Gasteiger partial charge is 0.307 e. The van der Waals surface area contributed by atoms with Crippen LogP contribution in [-0.2, 0) is 14.3 Å². The van der Waals surface area contributed by atoms with E-state index in [1.165, 1.54) is 6.08 Å². The number of ether oxygens (including phenoxy) is 1. The van der Waals surface area contributed by atoms with Gasteiger partial charge in [-0.15, -0.1) is 0 Å². The second kappa shape index (κ2) is 7.71. The Labute approximate surface area is 113 Å². The molecule has 0 aromatic carbocycles. The Hall–Kier alpha value is -1.56. The Balaban J connectivity index is 2.25. The molecule has 1 rings (SSSR count). The van der Waals surface area contributed by atoms with E-state index in [1.807, 2.05) is 0 Å². The van der Waals surface area contributed by atoms with E-state index in [1.54, 1.807) is 25.1 Å². The first-order valence-electron chi connectivity index (χ1n) is 5.48. The molecule has 0 fully saturated rings. The molecule has 0 spiro atoms. The van der Waals surface area contributed by atoms with Crippen molar-refractivity contribution in [2.24, 2.45) is 0 Å². The SMILES string of the molecule is CCOC(=O)CCNC(=O)/C=C/c1ccc(Br)o1. The van der Waals surface area contributed by atoms with Crippen molar-refractivity contribution >= 4 is 33.9 Å². The van der Waals surface area contributed by atoms with Crippen LogP contribution in [0.5, 0.6) is 0 Å². The first-order chi connectivity index (χ1) is 8.61. The summed E-state index contributed by atoms with van der Waals surface area (Å²) in [6.07, 6.45) is 3.06. The van der Waals surface area contributed by atoms with E-state index in [0.717, 1.165) is 0 Å². The molecule has 18 heavy (non-hydrogen) atoms. The zero-order valence-corrected chi connectivity index (χ0v) is 11.5. The van der Waals surface area contributed by atoms with Gasteiger partial charge in [-0.1, -0.05) is 0 Å². The largest absolute Gasteiger partial charge is 0.466 e. The van der Waals surface area contributed by atoms with Crippen molar-refractivity contribution in [3.63, 3.8) is 0 Å². The highest BCUT2D eigenvalue weighted by atomic mass is 79.9. The number of carbonyl (C=O) groups excluding carboxylic acids is 2. The summed E-state index contributed by atoms with van der Waals surface area (Å²) in [5.41, 5.74) is 0. The Morgan fingerprint density at radius 3 is 2.89 bits per heavy atom. The van der Waals surface area contributed by atoms with E-state index in [0.29, 0.717) is 17.0 Å². The van der Waals surface area contributed by atoms with Crippen LogP contribution in [0, 0.1) is 0 Å². The predicted octanol–water partition coefficient (Wildman–Crippen LogP) is 2.12. The Morgan fingerprint density at radius 2 is 2.28 bits per heavy atom. The molecule has 0 radical (unpaired) electrons. The zero-order chi connectivity index (χ0) is 13.4. The lowest BCUT2D eigenvalue weighted by Crippen LogP contribution is -2.24. The highest BCUT2D eigenvalue weighted by molar-refractivity contribution is 9.10. The molecule has 0 saturated carbocycles. The molecule has 1 N–H and O–H groups in total. The van der Waals surface area contributed by atoms with Crippen molar-refractivity contribution in [1.82, 2.24) is 5.32 Å². The third-order valence-corrected chi connectivity index (χ3v) is 2.35. The molecule has 6 heteroatoms. The maximum Gasteiger partial charge on any atom is 0.307 e. The molecule has 98 valence electrons. The summed E-state index contributed by atoms with van der Waals surface area (Å²) < 4.78 is 10.5. The number of hydrogen-bond acceptors (Lipinski definition) is 4. The van der Waals surface area contributed by atoms with Crippen LogP contribution in [0.3, 0.4) is 0 Å². The van der Waals surface area contributed by atoms with E-state index >= 15 is 0 Å². The highest BCUT2D eigenvalue weighted by Gasteiger charge is 2.02. The molecule has 5 nitrogen and oxygen atoms in total. The van der Waals surface area contributed by atoms with Gasteiger partial charge in [-0.3, -0.25) is 9.59 Å². The van der Waals surface area contributed by atoms with Gasteiger partial charge in [0.1, 0.15) is 5.76 Å². The van der Waals surface area contributed by atoms with Gasteiger partial charge < -0.3 is 14.5 Å². The molecule has 0 atom stereocenters. The molecule has 0 bridgehead atoms. The average molecular weight is 316 g/mol. The third-order valence-electron chi connectivity index (χ3n) is 1.93. The Bertz CT molecular complexity index is 439. The quantitative estimate of drug-likeness (QED) is 0.645. The van der Waals surface area contributed by atoms with Crippen LogP contribution < -0.4 is 5.32 Å². The van der Waals surface area contributed by atoms with Gasteiger partial charge >= 0.3 is 5.97 Å². The van der Waals surface area contributed by atoms with Crippen molar-refractivity contribution in [3.8, 4) is 0 Å². The minimum Gasteiger partial charge on any atom is -0.466 e. The summed E-state index contributed by atoms with van der Waals surface area (Å²) in [7, 11) is 0. The maximum atomic E-state index is 11.4. The minimum atomic E-state index is -0.322.